The Morgan fingerprint density at radius 1 is 1.17 bits per heavy atom. The van der Waals surface area contributed by atoms with Crippen molar-refractivity contribution in [2.24, 2.45) is 0 Å². The van der Waals surface area contributed by atoms with Crippen molar-refractivity contribution in [3.8, 4) is 0 Å². The van der Waals surface area contributed by atoms with Crippen molar-refractivity contribution in [1.29, 1.82) is 0 Å². The Kier molecular flexibility index (Phi) is 7.24. The van der Waals surface area contributed by atoms with E-state index in [-0.39, 0.29) is 11.9 Å². The van der Waals surface area contributed by atoms with Crippen molar-refractivity contribution in [2.75, 3.05) is 6.54 Å². The minimum Gasteiger partial charge on any atom is -0.356 e. The van der Waals surface area contributed by atoms with Crippen LogP contribution in [0.2, 0.25) is 0 Å². The molecule has 0 unspecified atom stereocenters. The molecule has 1 saturated carbocycles. The van der Waals surface area contributed by atoms with Crippen LogP contribution in [-0.4, -0.2) is 26.9 Å². The average Bonchev–Trinajstić information content (AvgIpc) is 3.06. The summed E-state index contributed by atoms with van der Waals surface area (Å²) in [5.41, 5.74) is 0.973. The largest absolute Gasteiger partial charge is 0.356 e. The SMILES string of the molecule is CCCCNC(=O)CCc1ccc(S(=O)(=O)NC2CCCC2)cc1. The van der Waals surface area contributed by atoms with Crippen LogP contribution in [-0.2, 0) is 21.2 Å². The van der Waals surface area contributed by atoms with Gasteiger partial charge in [0, 0.05) is 19.0 Å². The number of rotatable bonds is 9. The number of nitrogens with one attached hydrogen (secondary N) is 2. The van der Waals surface area contributed by atoms with Gasteiger partial charge in [-0.2, -0.15) is 0 Å². The van der Waals surface area contributed by atoms with Crippen LogP contribution < -0.4 is 10.0 Å². The fourth-order valence-corrected chi connectivity index (χ4v) is 4.22. The second-order valence-electron chi connectivity index (χ2n) is 6.45. The number of amides is 1. The molecule has 1 amide bonds. The molecule has 0 bridgehead atoms. The fraction of sp³-hybridized carbons (Fsp3) is 0.611. The standard InChI is InChI=1S/C18H28N2O3S/c1-2-3-14-19-18(21)13-10-15-8-11-17(12-9-15)24(22,23)20-16-6-4-5-7-16/h8-9,11-12,16,20H,2-7,10,13-14H2,1H3,(H,19,21). The Hall–Kier alpha value is -1.40. The second-order valence-corrected chi connectivity index (χ2v) is 8.16. The zero-order valence-electron chi connectivity index (χ0n) is 14.4. The van der Waals surface area contributed by atoms with Crippen molar-refractivity contribution in [3.05, 3.63) is 29.8 Å². The molecule has 1 aliphatic carbocycles. The number of sulfonamides is 1. The Balaban J connectivity index is 1.84. The van der Waals surface area contributed by atoms with Crippen LogP contribution in [0.15, 0.2) is 29.2 Å². The molecule has 0 aromatic heterocycles. The van der Waals surface area contributed by atoms with Crippen LogP contribution in [0, 0.1) is 0 Å². The summed E-state index contributed by atoms with van der Waals surface area (Å²) in [6, 6.07) is 6.91. The van der Waals surface area contributed by atoms with Gasteiger partial charge in [0.05, 0.1) is 4.90 Å². The first-order chi connectivity index (χ1) is 11.5. The summed E-state index contributed by atoms with van der Waals surface area (Å²) in [5.74, 6) is 0.0445. The fourth-order valence-electron chi connectivity index (χ4n) is 2.92. The number of hydrogen-bond acceptors (Lipinski definition) is 3. The summed E-state index contributed by atoms with van der Waals surface area (Å²) in [4.78, 5) is 12.0. The molecule has 1 aliphatic rings. The average molecular weight is 353 g/mol. The van der Waals surface area contributed by atoms with E-state index in [0.29, 0.717) is 17.7 Å². The number of hydrogen-bond donors (Lipinski definition) is 2. The zero-order chi connectivity index (χ0) is 17.4. The smallest absolute Gasteiger partial charge is 0.240 e. The molecule has 24 heavy (non-hydrogen) atoms. The third-order valence-corrected chi connectivity index (χ3v) is 5.94. The van der Waals surface area contributed by atoms with Gasteiger partial charge in [-0.05, 0) is 43.4 Å². The van der Waals surface area contributed by atoms with Crippen molar-refractivity contribution < 1.29 is 13.2 Å². The molecule has 0 aliphatic heterocycles. The van der Waals surface area contributed by atoms with Crippen LogP contribution in [0.1, 0.15) is 57.4 Å². The molecule has 0 heterocycles. The number of carbonyl (C=O) groups excluding carboxylic acids is 1. The van der Waals surface area contributed by atoms with E-state index in [1.54, 1.807) is 24.3 Å². The van der Waals surface area contributed by atoms with E-state index in [2.05, 4.69) is 17.0 Å². The first kappa shape index (κ1) is 18.9. The molecule has 1 fully saturated rings. The van der Waals surface area contributed by atoms with Gasteiger partial charge in [-0.25, -0.2) is 13.1 Å². The Morgan fingerprint density at radius 3 is 2.46 bits per heavy atom. The first-order valence-corrected chi connectivity index (χ1v) is 10.4. The number of aryl methyl sites for hydroxylation is 1. The molecule has 2 rings (SSSR count). The van der Waals surface area contributed by atoms with Gasteiger partial charge in [-0.15, -0.1) is 0 Å². The lowest BCUT2D eigenvalue weighted by atomic mass is 10.1. The van der Waals surface area contributed by atoms with Gasteiger partial charge >= 0.3 is 0 Å². The van der Waals surface area contributed by atoms with Gasteiger partial charge in [0.25, 0.3) is 0 Å². The van der Waals surface area contributed by atoms with Gasteiger partial charge in [0.15, 0.2) is 0 Å². The predicted octanol–water partition coefficient (Wildman–Crippen LogP) is 2.76. The van der Waals surface area contributed by atoms with Crippen LogP contribution in [0.25, 0.3) is 0 Å². The normalized spacial score (nSPS) is 15.5. The van der Waals surface area contributed by atoms with Crippen molar-refractivity contribution >= 4 is 15.9 Å². The third kappa shape index (κ3) is 5.91. The molecular formula is C18H28N2O3S. The Bertz CT molecular complexity index is 620. The molecule has 1 aromatic carbocycles. The lowest BCUT2D eigenvalue weighted by Gasteiger charge is -2.12. The summed E-state index contributed by atoms with van der Waals surface area (Å²) in [5, 5.41) is 2.89. The van der Waals surface area contributed by atoms with Gasteiger partial charge in [-0.1, -0.05) is 38.3 Å². The molecule has 1 aromatic rings. The van der Waals surface area contributed by atoms with Crippen molar-refractivity contribution in [3.63, 3.8) is 0 Å². The van der Waals surface area contributed by atoms with Crippen LogP contribution in [0.5, 0.6) is 0 Å². The maximum atomic E-state index is 12.3. The van der Waals surface area contributed by atoms with Gasteiger partial charge < -0.3 is 5.32 Å². The molecule has 0 saturated heterocycles. The maximum Gasteiger partial charge on any atom is 0.240 e. The summed E-state index contributed by atoms with van der Waals surface area (Å²) in [7, 11) is -3.44. The summed E-state index contributed by atoms with van der Waals surface area (Å²) in [6.07, 6.45) is 7.12. The zero-order valence-corrected chi connectivity index (χ0v) is 15.2. The summed E-state index contributed by atoms with van der Waals surface area (Å²) >= 11 is 0. The third-order valence-electron chi connectivity index (χ3n) is 4.40. The number of carbonyl (C=O) groups is 1. The highest BCUT2D eigenvalue weighted by atomic mass is 32.2. The van der Waals surface area contributed by atoms with E-state index in [1.807, 2.05) is 0 Å². The molecular weight excluding hydrogens is 324 g/mol. The molecule has 134 valence electrons. The van der Waals surface area contributed by atoms with E-state index in [9.17, 15) is 13.2 Å². The van der Waals surface area contributed by atoms with E-state index in [0.717, 1.165) is 50.6 Å². The van der Waals surface area contributed by atoms with Crippen molar-refractivity contribution in [2.45, 2.75) is 69.2 Å². The maximum absolute atomic E-state index is 12.3. The molecule has 6 heteroatoms. The minimum absolute atomic E-state index is 0.0445. The van der Waals surface area contributed by atoms with Gasteiger partial charge in [0.1, 0.15) is 0 Å². The quantitative estimate of drug-likeness (QED) is 0.671. The molecule has 0 atom stereocenters. The van der Waals surface area contributed by atoms with E-state index < -0.39 is 10.0 Å². The molecule has 0 radical (unpaired) electrons. The first-order valence-electron chi connectivity index (χ1n) is 8.89. The predicted molar refractivity (Wildman–Crippen MR) is 95.3 cm³/mol. The number of benzene rings is 1. The Morgan fingerprint density at radius 2 is 1.83 bits per heavy atom. The highest BCUT2D eigenvalue weighted by Gasteiger charge is 2.22. The molecule has 5 nitrogen and oxygen atoms in total. The highest BCUT2D eigenvalue weighted by Crippen LogP contribution is 2.20. The molecule has 0 spiro atoms. The topological polar surface area (TPSA) is 75.3 Å². The van der Waals surface area contributed by atoms with Gasteiger partial charge in [0.2, 0.25) is 15.9 Å². The highest BCUT2D eigenvalue weighted by molar-refractivity contribution is 7.89. The lowest BCUT2D eigenvalue weighted by molar-refractivity contribution is -0.121. The number of unbranched alkanes of at least 4 members (excludes halogenated alkanes) is 1. The second kappa shape index (κ2) is 9.18. The monoisotopic (exact) mass is 352 g/mol. The van der Waals surface area contributed by atoms with Crippen LogP contribution >= 0.6 is 0 Å². The molecule has 2 N–H and O–H groups in total. The van der Waals surface area contributed by atoms with E-state index >= 15 is 0 Å². The Labute approximate surface area is 145 Å². The van der Waals surface area contributed by atoms with Gasteiger partial charge in [-0.3, -0.25) is 4.79 Å². The van der Waals surface area contributed by atoms with Crippen LogP contribution in [0.3, 0.4) is 0 Å². The summed E-state index contributed by atoms with van der Waals surface area (Å²) in [6.45, 7) is 2.81. The van der Waals surface area contributed by atoms with E-state index in [4.69, 9.17) is 0 Å². The summed E-state index contributed by atoms with van der Waals surface area (Å²) < 4.78 is 27.5. The van der Waals surface area contributed by atoms with Crippen LogP contribution in [0.4, 0.5) is 0 Å². The van der Waals surface area contributed by atoms with Crippen molar-refractivity contribution in [1.82, 2.24) is 10.0 Å². The minimum atomic E-state index is -3.44. The van der Waals surface area contributed by atoms with E-state index in [1.165, 1.54) is 0 Å². The lowest BCUT2D eigenvalue weighted by Crippen LogP contribution is -2.32.